The number of carbonyl (C=O) groups excluding carboxylic acids is 2. The molecule has 0 bridgehead atoms. The lowest BCUT2D eigenvalue weighted by molar-refractivity contribution is -0.130. The van der Waals surface area contributed by atoms with Gasteiger partial charge in [0.25, 0.3) is 0 Å². The molecule has 0 radical (unpaired) electrons. The van der Waals surface area contributed by atoms with E-state index >= 15 is 0 Å². The van der Waals surface area contributed by atoms with E-state index in [1.807, 2.05) is 19.9 Å². The Morgan fingerprint density at radius 3 is 2.61 bits per heavy atom. The number of nitrogens with zero attached hydrogens (tertiary/aromatic N) is 1. The molecule has 1 atom stereocenters. The van der Waals surface area contributed by atoms with Crippen LogP contribution >= 0.6 is 0 Å². The lowest BCUT2D eigenvalue weighted by Gasteiger charge is -2.34. The molecule has 1 N–H and O–H groups in total. The van der Waals surface area contributed by atoms with Crippen molar-refractivity contribution in [3.8, 4) is 0 Å². The molecule has 1 aliphatic heterocycles. The Bertz CT molecular complexity index is 555. The minimum Gasteiger partial charge on any atom is -0.467 e. The molecule has 0 saturated carbocycles. The third-order valence-electron chi connectivity index (χ3n) is 3.95. The molecule has 1 fully saturated rings. The van der Waals surface area contributed by atoms with Crippen molar-refractivity contribution in [2.75, 3.05) is 6.54 Å². The number of amides is 2. The first kappa shape index (κ1) is 17.6. The average Bonchev–Trinajstić information content (AvgIpc) is 2.97. The first-order valence-electron chi connectivity index (χ1n) is 8.18. The Morgan fingerprint density at radius 1 is 1.35 bits per heavy atom. The molecule has 2 rings (SSSR count). The molecule has 128 valence electrons. The molecule has 5 heteroatoms. The minimum absolute atomic E-state index is 0.00942. The topological polar surface area (TPSA) is 62.6 Å². The summed E-state index contributed by atoms with van der Waals surface area (Å²) in [5.41, 5.74) is -0.152. The third kappa shape index (κ3) is 5.12. The summed E-state index contributed by atoms with van der Waals surface area (Å²) in [6, 6.07) is 3.64. The van der Waals surface area contributed by atoms with Crippen molar-refractivity contribution < 1.29 is 14.0 Å². The highest BCUT2D eigenvalue weighted by Crippen LogP contribution is 2.28. The summed E-state index contributed by atoms with van der Waals surface area (Å²) in [5.74, 6) is 0.439. The second-order valence-corrected chi connectivity index (χ2v) is 8.37. The standard InChI is InChI=1S/C18H28N2O3/c1-17(2,3)12-18(4,5)19-16(22)13-9-15(21)20(10-13)11-14-7-6-8-23-14/h6-8,13H,9-12H2,1-5H3,(H,19,22). The van der Waals surface area contributed by atoms with Crippen molar-refractivity contribution in [3.63, 3.8) is 0 Å². The van der Waals surface area contributed by atoms with E-state index < -0.39 is 0 Å². The summed E-state index contributed by atoms with van der Waals surface area (Å²) in [7, 11) is 0. The minimum atomic E-state index is -0.285. The van der Waals surface area contributed by atoms with Crippen LogP contribution in [0.15, 0.2) is 22.8 Å². The molecule has 1 aromatic rings. The summed E-state index contributed by atoms with van der Waals surface area (Å²) in [5, 5.41) is 3.11. The zero-order chi connectivity index (χ0) is 17.3. The van der Waals surface area contributed by atoms with Crippen LogP contribution in [0.5, 0.6) is 0 Å². The second kappa shape index (κ2) is 6.38. The molecule has 23 heavy (non-hydrogen) atoms. The van der Waals surface area contributed by atoms with Crippen LogP contribution in [0.4, 0.5) is 0 Å². The molecular formula is C18H28N2O3. The number of nitrogens with one attached hydrogen (secondary N) is 1. The van der Waals surface area contributed by atoms with Gasteiger partial charge in [-0.1, -0.05) is 20.8 Å². The van der Waals surface area contributed by atoms with Gasteiger partial charge in [0.1, 0.15) is 5.76 Å². The maximum Gasteiger partial charge on any atom is 0.225 e. The average molecular weight is 320 g/mol. The molecule has 1 unspecified atom stereocenters. The summed E-state index contributed by atoms with van der Waals surface area (Å²) >= 11 is 0. The zero-order valence-corrected chi connectivity index (χ0v) is 14.8. The SMILES string of the molecule is CC(C)(C)CC(C)(C)NC(=O)C1CC(=O)N(Cc2ccco2)C1. The predicted octanol–water partition coefficient (Wildman–Crippen LogP) is 2.96. The van der Waals surface area contributed by atoms with Crippen LogP contribution in [0.25, 0.3) is 0 Å². The predicted molar refractivity (Wildman–Crippen MR) is 88.5 cm³/mol. The van der Waals surface area contributed by atoms with E-state index in [9.17, 15) is 9.59 Å². The maximum absolute atomic E-state index is 12.5. The van der Waals surface area contributed by atoms with Crippen molar-refractivity contribution in [2.45, 2.75) is 59.5 Å². The van der Waals surface area contributed by atoms with Gasteiger partial charge in [-0.2, -0.15) is 0 Å². The van der Waals surface area contributed by atoms with Crippen LogP contribution in [0.2, 0.25) is 0 Å². The van der Waals surface area contributed by atoms with Gasteiger partial charge < -0.3 is 14.6 Å². The van der Waals surface area contributed by atoms with Gasteiger partial charge in [-0.15, -0.1) is 0 Å². The van der Waals surface area contributed by atoms with Crippen LogP contribution in [0.3, 0.4) is 0 Å². The van der Waals surface area contributed by atoms with Crippen molar-refractivity contribution in [3.05, 3.63) is 24.2 Å². The van der Waals surface area contributed by atoms with E-state index in [4.69, 9.17) is 4.42 Å². The van der Waals surface area contributed by atoms with Crippen molar-refractivity contribution in [1.82, 2.24) is 10.2 Å². The van der Waals surface area contributed by atoms with Gasteiger partial charge in [0, 0.05) is 18.5 Å². The molecule has 1 aliphatic rings. The molecular weight excluding hydrogens is 292 g/mol. The quantitative estimate of drug-likeness (QED) is 0.907. The number of hydrogen-bond acceptors (Lipinski definition) is 3. The van der Waals surface area contributed by atoms with E-state index in [0.29, 0.717) is 13.1 Å². The number of likely N-dealkylation sites (tertiary alicyclic amines) is 1. The lowest BCUT2D eigenvalue weighted by atomic mass is 9.81. The van der Waals surface area contributed by atoms with E-state index in [1.165, 1.54) is 0 Å². The van der Waals surface area contributed by atoms with Crippen LogP contribution in [0.1, 0.15) is 53.2 Å². The summed E-state index contributed by atoms with van der Waals surface area (Å²) in [4.78, 5) is 26.3. The smallest absolute Gasteiger partial charge is 0.225 e. The Hall–Kier alpha value is -1.78. The maximum atomic E-state index is 12.5. The van der Waals surface area contributed by atoms with Gasteiger partial charge in [-0.25, -0.2) is 0 Å². The summed E-state index contributed by atoms with van der Waals surface area (Å²) in [6.07, 6.45) is 2.75. The van der Waals surface area contributed by atoms with Crippen LogP contribution < -0.4 is 5.32 Å². The van der Waals surface area contributed by atoms with Crippen molar-refractivity contribution in [1.29, 1.82) is 0 Å². The Kier molecular flexibility index (Phi) is 4.87. The molecule has 0 aliphatic carbocycles. The highest BCUT2D eigenvalue weighted by molar-refractivity contribution is 5.89. The fourth-order valence-corrected chi connectivity index (χ4v) is 3.50. The number of carbonyl (C=O) groups is 2. The molecule has 0 aromatic carbocycles. The monoisotopic (exact) mass is 320 g/mol. The highest BCUT2D eigenvalue weighted by atomic mass is 16.3. The Morgan fingerprint density at radius 2 is 2.04 bits per heavy atom. The molecule has 2 amide bonds. The molecule has 2 heterocycles. The van der Waals surface area contributed by atoms with E-state index in [0.717, 1.165) is 12.2 Å². The molecule has 5 nitrogen and oxygen atoms in total. The second-order valence-electron chi connectivity index (χ2n) is 8.37. The van der Waals surface area contributed by atoms with E-state index in [1.54, 1.807) is 17.2 Å². The van der Waals surface area contributed by atoms with Crippen LogP contribution in [0, 0.1) is 11.3 Å². The van der Waals surface area contributed by atoms with Gasteiger partial charge >= 0.3 is 0 Å². The van der Waals surface area contributed by atoms with Crippen LogP contribution in [-0.4, -0.2) is 28.8 Å². The Balaban J connectivity index is 1.92. The third-order valence-corrected chi connectivity index (χ3v) is 3.95. The van der Waals surface area contributed by atoms with E-state index in [-0.39, 0.29) is 35.1 Å². The van der Waals surface area contributed by atoms with Crippen molar-refractivity contribution in [2.24, 2.45) is 11.3 Å². The summed E-state index contributed by atoms with van der Waals surface area (Å²) < 4.78 is 5.28. The van der Waals surface area contributed by atoms with Crippen molar-refractivity contribution >= 4 is 11.8 Å². The normalized spacial score (nSPS) is 19.3. The van der Waals surface area contributed by atoms with Gasteiger partial charge in [-0.05, 0) is 37.8 Å². The van der Waals surface area contributed by atoms with Gasteiger partial charge in [0.2, 0.25) is 11.8 Å². The van der Waals surface area contributed by atoms with Crippen LogP contribution in [-0.2, 0) is 16.1 Å². The Labute approximate surface area is 138 Å². The molecule has 1 aromatic heterocycles. The highest BCUT2D eigenvalue weighted by Gasteiger charge is 2.37. The first-order valence-corrected chi connectivity index (χ1v) is 8.18. The van der Waals surface area contributed by atoms with Gasteiger partial charge in [-0.3, -0.25) is 9.59 Å². The zero-order valence-electron chi connectivity index (χ0n) is 14.8. The van der Waals surface area contributed by atoms with Gasteiger partial charge in [0.15, 0.2) is 0 Å². The largest absolute Gasteiger partial charge is 0.467 e. The molecule has 1 saturated heterocycles. The number of rotatable bonds is 5. The molecule has 0 spiro atoms. The van der Waals surface area contributed by atoms with E-state index in [2.05, 4.69) is 26.1 Å². The number of furan rings is 1. The van der Waals surface area contributed by atoms with Gasteiger partial charge in [0.05, 0.1) is 18.7 Å². The summed E-state index contributed by atoms with van der Waals surface area (Å²) in [6.45, 7) is 11.4. The number of hydrogen-bond donors (Lipinski definition) is 1. The fraction of sp³-hybridized carbons (Fsp3) is 0.667. The first-order chi connectivity index (χ1) is 10.6. The lowest BCUT2D eigenvalue weighted by Crippen LogP contribution is -2.48. The fourth-order valence-electron chi connectivity index (χ4n) is 3.50.